The molecule has 1 fully saturated rings. The number of thiazole rings is 1. The Morgan fingerprint density at radius 3 is 2.33 bits per heavy atom. The van der Waals surface area contributed by atoms with E-state index in [9.17, 15) is 13.2 Å². The summed E-state index contributed by atoms with van der Waals surface area (Å²) in [7, 11) is 1.79. The van der Waals surface area contributed by atoms with Crippen molar-refractivity contribution in [2.75, 3.05) is 45.7 Å². The number of anilines is 1. The van der Waals surface area contributed by atoms with Crippen LogP contribution in [-0.4, -0.2) is 75.4 Å². The lowest BCUT2D eigenvalue weighted by molar-refractivity contribution is 0.0985. The second kappa shape index (κ2) is 13.6. The van der Waals surface area contributed by atoms with E-state index in [0.717, 1.165) is 36.8 Å². The van der Waals surface area contributed by atoms with Gasteiger partial charge >= 0.3 is 0 Å². The first-order chi connectivity index (χ1) is 18.2. The summed E-state index contributed by atoms with van der Waals surface area (Å²) in [4.78, 5) is 22.2. The molecule has 8 nitrogen and oxygen atoms in total. The van der Waals surface area contributed by atoms with Crippen LogP contribution in [0.1, 0.15) is 49.4 Å². The standard InChI is InChI=1S/C27H35ClN4O4S2.ClH/c1-5-32(20-9-7-6-8-10-20)38(34,35)21-13-11-19(12-14-21)26(33)31(18-17-30(2)3)27-29-24-23(36-4)16-15-22(28)25(24)37-27;/h11-16,20H,5-10,17-18H2,1-4H3;1H. The average Bonchev–Trinajstić information content (AvgIpc) is 3.36. The van der Waals surface area contributed by atoms with Gasteiger partial charge in [-0.1, -0.05) is 49.1 Å². The van der Waals surface area contributed by atoms with Crippen LogP contribution in [0, 0.1) is 0 Å². The molecule has 0 radical (unpaired) electrons. The van der Waals surface area contributed by atoms with Crippen LogP contribution in [-0.2, 0) is 10.0 Å². The quantitative estimate of drug-likeness (QED) is 0.281. The van der Waals surface area contributed by atoms with Crippen LogP contribution in [0.25, 0.3) is 10.2 Å². The summed E-state index contributed by atoms with van der Waals surface area (Å²) < 4.78 is 34.7. The zero-order valence-electron chi connectivity index (χ0n) is 22.7. The Balaban J connectivity index is 0.00000420. The van der Waals surface area contributed by atoms with Crippen molar-refractivity contribution in [3.05, 3.63) is 47.0 Å². The fraction of sp³-hybridized carbons (Fsp3) is 0.481. The van der Waals surface area contributed by atoms with E-state index in [2.05, 4.69) is 0 Å². The van der Waals surface area contributed by atoms with Crippen molar-refractivity contribution in [3.8, 4) is 5.75 Å². The highest BCUT2D eigenvalue weighted by molar-refractivity contribution is 7.89. The van der Waals surface area contributed by atoms with Crippen molar-refractivity contribution >= 4 is 66.6 Å². The molecule has 0 saturated heterocycles. The van der Waals surface area contributed by atoms with Crippen LogP contribution in [0.4, 0.5) is 5.13 Å². The minimum absolute atomic E-state index is 0. The molecular weight excluding hydrogens is 579 g/mol. The summed E-state index contributed by atoms with van der Waals surface area (Å²) in [6.45, 7) is 3.32. The van der Waals surface area contributed by atoms with Crippen molar-refractivity contribution in [1.29, 1.82) is 0 Å². The molecule has 214 valence electrons. The van der Waals surface area contributed by atoms with Gasteiger partial charge in [-0.05, 0) is 63.3 Å². The van der Waals surface area contributed by atoms with Gasteiger partial charge < -0.3 is 9.64 Å². The number of likely N-dealkylation sites (N-methyl/N-ethyl adjacent to an activating group) is 1. The van der Waals surface area contributed by atoms with E-state index < -0.39 is 10.0 Å². The van der Waals surface area contributed by atoms with Gasteiger partial charge in [-0.25, -0.2) is 13.4 Å². The minimum atomic E-state index is -3.65. The van der Waals surface area contributed by atoms with E-state index in [-0.39, 0.29) is 29.3 Å². The SMILES string of the molecule is CCN(C1CCCCC1)S(=O)(=O)c1ccc(C(=O)N(CCN(C)C)c2nc3c(OC)ccc(Cl)c3s2)cc1.Cl. The van der Waals surface area contributed by atoms with Crippen LogP contribution >= 0.6 is 35.3 Å². The van der Waals surface area contributed by atoms with Crippen molar-refractivity contribution in [2.45, 2.75) is 50.0 Å². The Hall–Kier alpha value is -1.95. The van der Waals surface area contributed by atoms with Gasteiger partial charge in [-0.3, -0.25) is 9.69 Å². The van der Waals surface area contributed by atoms with E-state index in [1.807, 2.05) is 25.9 Å². The zero-order valence-corrected chi connectivity index (χ0v) is 25.9. The van der Waals surface area contributed by atoms with Crippen molar-refractivity contribution < 1.29 is 17.9 Å². The Bertz CT molecular complexity index is 1370. The first kappa shape index (κ1) is 31.6. The number of hydrogen-bond donors (Lipinski definition) is 0. The van der Waals surface area contributed by atoms with E-state index in [4.69, 9.17) is 21.3 Å². The Morgan fingerprint density at radius 1 is 1.08 bits per heavy atom. The summed E-state index contributed by atoms with van der Waals surface area (Å²) in [5.41, 5.74) is 0.993. The number of benzene rings is 2. The third-order valence-electron chi connectivity index (χ3n) is 6.92. The second-order valence-electron chi connectivity index (χ2n) is 9.71. The second-order valence-corrected chi connectivity index (χ2v) is 13.0. The number of amides is 1. The maximum absolute atomic E-state index is 13.7. The number of nitrogens with zero attached hydrogens (tertiary/aromatic N) is 4. The molecule has 0 spiro atoms. The lowest BCUT2D eigenvalue weighted by Crippen LogP contribution is -2.41. The summed E-state index contributed by atoms with van der Waals surface area (Å²) >= 11 is 7.75. The first-order valence-corrected chi connectivity index (χ1v) is 15.5. The minimum Gasteiger partial charge on any atom is -0.494 e. The van der Waals surface area contributed by atoms with Crippen LogP contribution in [0.3, 0.4) is 0 Å². The lowest BCUT2D eigenvalue weighted by atomic mass is 9.95. The molecule has 39 heavy (non-hydrogen) atoms. The molecule has 0 aliphatic heterocycles. The number of carbonyl (C=O) groups is 1. The third kappa shape index (κ3) is 6.86. The number of hydrogen-bond acceptors (Lipinski definition) is 7. The van der Waals surface area contributed by atoms with Crippen LogP contribution in [0.5, 0.6) is 5.75 Å². The van der Waals surface area contributed by atoms with Gasteiger partial charge in [0, 0.05) is 31.2 Å². The molecule has 12 heteroatoms. The molecular formula is C27H36Cl2N4O4S2. The number of rotatable bonds is 10. The molecule has 0 atom stereocenters. The highest BCUT2D eigenvalue weighted by Gasteiger charge is 2.31. The predicted octanol–water partition coefficient (Wildman–Crippen LogP) is 5.93. The molecule has 4 rings (SSSR count). The summed E-state index contributed by atoms with van der Waals surface area (Å²) in [6.07, 6.45) is 5.04. The van der Waals surface area contributed by atoms with Crippen LogP contribution in [0.2, 0.25) is 5.02 Å². The third-order valence-corrected chi connectivity index (χ3v) is 10.5. The number of methoxy groups -OCH3 is 1. The molecule has 1 saturated carbocycles. The van der Waals surface area contributed by atoms with Crippen LogP contribution < -0.4 is 9.64 Å². The maximum atomic E-state index is 13.7. The molecule has 0 bridgehead atoms. The summed E-state index contributed by atoms with van der Waals surface area (Å²) in [5.74, 6) is 0.324. The van der Waals surface area contributed by atoms with Gasteiger partial charge in [0.15, 0.2) is 5.13 Å². The van der Waals surface area contributed by atoms with E-state index in [1.54, 1.807) is 40.6 Å². The largest absolute Gasteiger partial charge is 0.494 e. The van der Waals surface area contributed by atoms with Gasteiger partial charge in [0.05, 0.1) is 21.7 Å². The molecule has 3 aromatic rings. The molecule has 1 heterocycles. The zero-order chi connectivity index (χ0) is 27.4. The van der Waals surface area contributed by atoms with E-state index in [1.165, 1.54) is 23.5 Å². The van der Waals surface area contributed by atoms with Gasteiger partial charge in [-0.15, -0.1) is 12.4 Å². The summed E-state index contributed by atoms with van der Waals surface area (Å²) in [5, 5.41) is 1.04. The van der Waals surface area contributed by atoms with Gasteiger partial charge in [0.25, 0.3) is 5.91 Å². The molecule has 1 aliphatic carbocycles. The number of carbonyl (C=O) groups excluding carboxylic acids is 1. The smallest absolute Gasteiger partial charge is 0.260 e. The highest BCUT2D eigenvalue weighted by Crippen LogP contribution is 2.39. The van der Waals surface area contributed by atoms with Gasteiger partial charge in [0.1, 0.15) is 11.3 Å². The maximum Gasteiger partial charge on any atom is 0.260 e. The number of ether oxygens (including phenoxy) is 1. The Kier molecular flexibility index (Phi) is 11.0. The molecule has 0 unspecified atom stereocenters. The number of aromatic nitrogens is 1. The average molecular weight is 616 g/mol. The summed E-state index contributed by atoms with van der Waals surface area (Å²) in [6, 6.07) is 9.80. The van der Waals surface area contributed by atoms with Crippen molar-refractivity contribution in [1.82, 2.24) is 14.2 Å². The fourth-order valence-corrected chi connectivity index (χ4v) is 7.83. The fourth-order valence-electron chi connectivity index (χ4n) is 4.86. The molecule has 1 amide bonds. The topological polar surface area (TPSA) is 83.1 Å². The first-order valence-electron chi connectivity index (χ1n) is 12.9. The monoisotopic (exact) mass is 614 g/mol. The Morgan fingerprint density at radius 2 is 1.74 bits per heavy atom. The van der Waals surface area contributed by atoms with Gasteiger partial charge in [0.2, 0.25) is 10.0 Å². The van der Waals surface area contributed by atoms with Crippen LogP contribution in [0.15, 0.2) is 41.3 Å². The van der Waals surface area contributed by atoms with Gasteiger partial charge in [-0.2, -0.15) is 4.31 Å². The molecule has 1 aliphatic rings. The number of sulfonamides is 1. The Labute approximate surface area is 246 Å². The van der Waals surface area contributed by atoms with Crippen molar-refractivity contribution in [3.63, 3.8) is 0 Å². The molecule has 0 N–H and O–H groups in total. The van der Waals surface area contributed by atoms with E-state index in [0.29, 0.717) is 46.6 Å². The number of fused-ring (bicyclic) bond motifs is 1. The molecule has 1 aromatic heterocycles. The van der Waals surface area contributed by atoms with E-state index >= 15 is 0 Å². The highest BCUT2D eigenvalue weighted by atomic mass is 35.5. The lowest BCUT2D eigenvalue weighted by Gasteiger charge is -2.32. The number of halogens is 2. The molecule has 2 aromatic carbocycles. The predicted molar refractivity (Wildman–Crippen MR) is 162 cm³/mol. The van der Waals surface area contributed by atoms with Crippen molar-refractivity contribution in [2.24, 2.45) is 0 Å². The normalized spacial score (nSPS) is 14.5.